The van der Waals surface area contributed by atoms with Gasteiger partial charge in [-0.2, -0.15) is 0 Å². The first kappa shape index (κ1) is 20.6. The number of anilines is 1. The fourth-order valence-electron chi connectivity index (χ4n) is 2.68. The molecule has 0 saturated carbocycles. The number of ether oxygens (including phenoxy) is 2. The largest absolute Gasteiger partial charge is 0.493 e. The van der Waals surface area contributed by atoms with Crippen molar-refractivity contribution in [3.05, 3.63) is 53.3 Å². The highest BCUT2D eigenvalue weighted by Gasteiger charge is 2.16. The van der Waals surface area contributed by atoms with Crippen molar-refractivity contribution in [2.45, 2.75) is 32.9 Å². The standard InChI is InChI=1S/C21H27FN2O3/c1-13(2)27-19-10-8-15(12-20(19)26-6)14(3)23-21(25)16-7-9-18(24(4)5)17(22)11-16/h7-14H,1-6H3,(H,23,25). The molecule has 0 aliphatic heterocycles. The van der Waals surface area contributed by atoms with Crippen LogP contribution in [0.1, 0.15) is 42.7 Å². The minimum Gasteiger partial charge on any atom is -0.493 e. The third kappa shape index (κ3) is 5.12. The second-order valence-electron chi connectivity index (χ2n) is 6.83. The molecule has 146 valence electrons. The molecule has 0 heterocycles. The maximum Gasteiger partial charge on any atom is 0.251 e. The molecule has 5 nitrogen and oxygen atoms in total. The van der Waals surface area contributed by atoms with Crippen molar-refractivity contribution in [3.63, 3.8) is 0 Å². The lowest BCUT2D eigenvalue weighted by atomic mass is 10.1. The fraction of sp³-hybridized carbons (Fsp3) is 0.381. The molecule has 0 bridgehead atoms. The van der Waals surface area contributed by atoms with Gasteiger partial charge < -0.3 is 19.7 Å². The highest BCUT2D eigenvalue weighted by Crippen LogP contribution is 2.31. The number of rotatable bonds is 7. The van der Waals surface area contributed by atoms with Crippen LogP contribution in [0.2, 0.25) is 0 Å². The van der Waals surface area contributed by atoms with Gasteiger partial charge in [0, 0.05) is 19.7 Å². The Kier molecular flexibility index (Phi) is 6.66. The molecule has 1 atom stereocenters. The second-order valence-corrected chi connectivity index (χ2v) is 6.83. The second kappa shape index (κ2) is 8.75. The summed E-state index contributed by atoms with van der Waals surface area (Å²) in [5.41, 5.74) is 1.57. The van der Waals surface area contributed by atoms with Crippen molar-refractivity contribution >= 4 is 11.6 Å². The molecule has 0 aliphatic carbocycles. The molecule has 27 heavy (non-hydrogen) atoms. The first-order valence-electron chi connectivity index (χ1n) is 8.85. The van der Waals surface area contributed by atoms with Crippen LogP contribution in [0.25, 0.3) is 0 Å². The molecular formula is C21H27FN2O3. The Bertz CT molecular complexity index is 806. The molecule has 0 saturated heterocycles. The Hall–Kier alpha value is -2.76. The molecule has 0 spiro atoms. The lowest BCUT2D eigenvalue weighted by Gasteiger charge is -2.19. The van der Waals surface area contributed by atoms with Crippen LogP contribution in [-0.4, -0.2) is 33.2 Å². The number of nitrogens with one attached hydrogen (secondary N) is 1. The average Bonchev–Trinajstić information content (AvgIpc) is 2.60. The van der Waals surface area contributed by atoms with Crippen molar-refractivity contribution in [1.29, 1.82) is 0 Å². The third-order valence-electron chi connectivity index (χ3n) is 4.09. The molecule has 0 aliphatic rings. The zero-order valence-electron chi connectivity index (χ0n) is 16.7. The van der Waals surface area contributed by atoms with E-state index in [4.69, 9.17) is 9.47 Å². The van der Waals surface area contributed by atoms with Crippen molar-refractivity contribution in [2.75, 3.05) is 26.1 Å². The van der Waals surface area contributed by atoms with E-state index in [-0.39, 0.29) is 23.6 Å². The molecular weight excluding hydrogens is 347 g/mol. The predicted molar refractivity (Wildman–Crippen MR) is 105 cm³/mol. The minimum absolute atomic E-state index is 0.0295. The van der Waals surface area contributed by atoms with Gasteiger partial charge in [-0.05, 0) is 56.7 Å². The number of nitrogens with zero attached hydrogens (tertiary/aromatic N) is 1. The van der Waals surface area contributed by atoms with E-state index in [9.17, 15) is 9.18 Å². The summed E-state index contributed by atoms with van der Waals surface area (Å²) in [6, 6.07) is 9.70. The lowest BCUT2D eigenvalue weighted by Crippen LogP contribution is -2.27. The SMILES string of the molecule is COc1cc(C(C)NC(=O)c2ccc(N(C)C)c(F)c2)ccc1OC(C)C. The van der Waals surface area contributed by atoms with E-state index in [0.29, 0.717) is 17.2 Å². The summed E-state index contributed by atoms with van der Waals surface area (Å²) in [6.07, 6.45) is 0.0295. The van der Waals surface area contributed by atoms with Crippen LogP contribution in [0.3, 0.4) is 0 Å². The normalized spacial score (nSPS) is 11.9. The van der Waals surface area contributed by atoms with Gasteiger partial charge in [0.25, 0.3) is 5.91 Å². The number of hydrogen-bond acceptors (Lipinski definition) is 4. The van der Waals surface area contributed by atoms with Gasteiger partial charge in [0.2, 0.25) is 0 Å². The van der Waals surface area contributed by atoms with Gasteiger partial charge in [-0.1, -0.05) is 6.07 Å². The van der Waals surface area contributed by atoms with E-state index in [2.05, 4.69) is 5.32 Å². The summed E-state index contributed by atoms with van der Waals surface area (Å²) < 4.78 is 25.2. The Morgan fingerprint density at radius 1 is 1.07 bits per heavy atom. The summed E-state index contributed by atoms with van der Waals surface area (Å²) in [7, 11) is 5.07. The van der Waals surface area contributed by atoms with E-state index in [0.717, 1.165) is 5.56 Å². The van der Waals surface area contributed by atoms with Crippen molar-refractivity contribution in [3.8, 4) is 11.5 Å². The molecule has 0 aromatic heterocycles. The molecule has 0 radical (unpaired) electrons. The van der Waals surface area contributed by atoms with Crippen molar-refractivity contribution in [2.24, 2.45) is 0 Å². The Morgan fingerprint density at radius 3 is 2.33 bits per heavy atom. The molecule has 1 N–H and O–H groups in total. The molecule has 2 aromatic carbocycles. The number of carbonyl (C=O) groups is 1. The maximum absolute atomic E-state index is 14.1. The highest BCUT2D eigenvalue weighted by molar-refractivity contribution is 5.94. The fourth-order valence-corrected chi connectivity index (χ4v) is 2.68. The number of amides is 1. The summed E-state index contributed by atoms with van der Waals surface area (Å²) in [5, 5.41) is 2.88. The van der Waals surface area contributed by atoms with E-state index in [1.807, 2.05) is 39.0 Å². The van der Waals surface area contributed by atoms with Crippen LogP contribution in [0.5, 0.6) is 11.5 Å². The molecule has 6 heteroatoms. The van der Waals surface area contributed by atoms with E-state index < -0.39 is 5.82 Å². The third-order valence-corrected chi connectivity index (χ3v) is 4.09. The number of carbonyl (C=O) groups excluding carboxylic acids is 1. The zero-order valence-corrected chi connectivity index (χ0v) is 16.7. The monoisotopic (exact) mass is 374 g/mol. The van der Waals surface area contributed by atoms with Crippen LogP contribution in [0.4, 0.5) is 10.1 Å². The maximum atomic E-state index is 14.1. The number of halogens is 1. The Labute approximate surface area is 160 Å². The van der Waals surface area contributed by atoms with E-state index in [1.165, 1.54) is 6.07 Å². The Morgan fingerprint density at radius 2 is 1.78 bits per heavy atom. The summed E-state index contributed by atoms with van der Waals surface area (Å²) in [4.78, 5) is 14.1. The smallest absolute Gasteiger partial charge is 0.251 e. The quantitative estimate of drug-likeness (QED) is 0.790. The molecule has 1 amide bonds. The molecule has 2 aromatic rings. The topological polar surface area (TPSA) is 50.8 Å². The van der Waals surface area contributed by atoms with Gasteiger partial charge >= 0.3 is 0 Å². The van der Waals surface area contributed by atoms with Crippen molar-refractivity contribution < 1.29 is 18.7 Å². The van der Waals surface area contributed by atoms with Crippen LogP contribution in [0, 0.1) is 5.82 Å². The van der Waals surface area contributed by atoms with Crippen molar-refractivity contribution in [1.82, 2.24) is 5.32 Å². The highest BCUT2D eigenvalue weighted by atomic mass is 19.1. The van der Waals surface area contributed by atoms with Gasteiger partial charge in [0.15, 0.2) is 11.5 Å². The molecule has 2 rings (SSSR count). The van der Waals surface area contributed by atoms with Crippen LogP contribution in [-0.2, 0) is 0 Å². The first-order valence-corrected chi connectivity index (χ1v) is 8.85. The van der Waals surface area contributed by atoms with Gasteiger partial charge in [-0.15, -0.1) is 0 Å². The van der Waals surface area contributed by atoms with Gasteiger partial charge in [-0.3, -0.25) is 4.79 Å². The summed E-state index contributed by atoms with van der Waals surface area (Å²) >= 11 is 0. The van der Waals surface area contributed by atoms with Gasteiger partial charge in [0.05, 0.1) is 24.9 Å². The number of hydrogen-bond donors (Lipinski definition) is 1. The van der Waals surface area contributed by atoms with E-state index >= 15 is 0 Å². The predicted octanol–water partition coefficient (Wildman–Crippen LogP) is 4.18. The zero-order chi connectivity index (χ0) is 20.1. The molecule has 0 fully saturated rings. The number of benzene rings is 2. The lowest BCUT2D eigenvalue weighted by molar-refractivity contribution is 0.0939. The minimum atomic E-state index is -0.433. The van der Waals surface area contributed by atoms with E-state index in [1.54, 1.807) is 38.2 Å². The Balaban J connectivity index is 2.15. The first-order chi connectivity index (χ1) is 12.7. The van der Waals surface area contributed by atoms with Gasteiger partial charge in [-0.25, -0.2) is 4.39 Å². The number of methoxy groups -OCH3 is 1. The van der Waals surface area contributed by atoms with Crippen LogP contribution >= 0.6 is 0 Å². The van der Waals surface area contributed by atoms with Crippen LogP contribution in [0.15, 0.2) is 36.4 Å². The summed E-state index contributed by atoms with van der Waals surface area (Å²) in [6.45, 7) is 5.74. The molecule has 1 unspecified atom stereocenters. The summed E-state index contributed by atoms with van der Waals surface area (Å²) in [5.74, 6) is 0.477. The van der Waals surface area contributed by atoms with Gasteiger partial charge in [0.1, 0.15) is 5.82 Å². The average molecular weight is 374 g/mol. The van der Waals surface area contributed by atoms with Crippen LogP contribution < -0.4 is 19.7 Å².